The van der Waals surface area contributed by atoms with E-state index in [1.807, 2.05) is 0 Å². The second-order valence-corrected chi connectivity index (χ2v) is 5.43. The molecule has 0 radical (unpaired) electrons. The lowest BCUT2D eigenvalue weighted by Crippen LogP contribution is -2.37. The zero-order chi connectivity index (χ0) is 15.2. The summed E-state index contributed by atoms with van der Waals surface area (Å²) in [6, 6.07) is 5.19. The second kappa shape index (κ2) is 7.17. The summed E-state index contributed by atoms with van der Waals surface area (Å²) in [5, 5.41) is 7.40. The fourth-order valence-corrected chi connectivity index (χ4v) is 2.61. The smallest absolute Gasteiger partial charge is 0.211 e. The van der Waals surface area contributed by atoms with Gasteiger partial charge in [-0.05, 0) is 49.6 Å². The minimum atomic E-state index is -0.242. The SMILES string of the molecule is CC1CCCCN1Cc1cc(F)ccc1C=NN=C(N)N. The topological polar surface area (TPSA) is 80.0 Å². The van der Waals surface area contributed by atoms with Crippen molar-refractivity contribution >= 4 is 12.2 Å². The van der Waals surface area contributed by atoms with E-state index in [4.69, 9.17) is 11.5 Å². The number of likely N-dealkylation sites (tertiary alicyclic amines) is 1. The molecule has 0 bridgehead atoms. The van der Waals surface area contributed by atoms with Crippen molar-refractivity contribution in [3.05, 3.63) is 35.1 Å². The molecule has 5 nitrogen and oxygen atoms in total. The van der Waals surface area contributed by atoms with Crippen LogP contribution in [0.25, 0.3) is 0 Å². The van der Waals surface area contributed by atoms with Crippen LogP contribution in [0.2, 0.25) is 0 Å². The molecule has 6 heteroatoms. The summed E-state index contributed by atoms with van der Waals surface area (Å²) < 4.78 is 13.5. The Hall–Kier alpha value is -1.95. The molecule has 0 aliphatic carbocycles. The van der Waals surface area contributed by atoms with E-state index in [9.17, 15) is 4.39 Å². The predicted octanol–water partition coefficient (Wildman–Crippen LogP) is 1.81. The Balaban J connectivity index is 2.18. The van der Waals surface area contributed by atoms with Crippen LogP contribution in [0.3, 0.4) is 0 Å². The van der Waals surface area contributed by atoms with Crippen LogP contribution in [-0.2, 0) is 6.54 Å². The third-order valence-electron chi connectivity index (χ3n) is 3.79. The van der Waals surface area contributed by atoms with E-state index in [-0.39, 0.29) is 11.8 Å². The van der Waals surface area contributed by atoms with Crippen LogP contribution in [0.1, 0.15) is 37.3 Å². The van der Waals surface area contributed by atoms with E-state index >= 15 is 0 Å². The summed E-state index contributed by atoms with van der Waals surface area (Å²) in [6.45, 7) is 3.97. The number of piperidine rings is 1. The first kappa shape index (κ1) is 15.4. The molecule has 114 valence electrons. The van der Waals surface area contributed by atoms with Crippen LogP contribution in [0.5, 0.6) is 0 Å². The van der Waals surface area contributed by atoms with Gasteiger partial charge in [0.15, 0.2) is 0 Å². The van der Waals surface area contributed by atoms with Crippen LogP contribution in [-0.4, -0.2) is 29.7 Å². The minimum absolute atomic E-state index is 0.0976. The zero-order valence-corrected chi connectivity index (χ0v) is 12.3. The average Bonchev–Trinajstić information content (AvgIpc) is 2.43. The predicted molar refractivity (Wildman–Crippen MR) is 83.5 cm³/mol. The molecule has 1 saturated heterocycles. The van der Waals surface area contributed by atoms with Crippen molar-refractivity contribution < 1.29 is 4.39 Å². The summed E-state index contributed by atoms with van der Waals surface area (Å²) in [5.74, 6) is -0.340. The number of nitrogens with zero attached hydrogens (tertiary/aromatic N) is 3. The number of hydrogen-bond donors (Lipinski definition) is 2. The van der Waals surface area contributed by atoms with Crippen LogP contribution >= 0.6 is 0 Å². The Morgan fingerprint density at radius 3 is 2.95 bits per heavy atom. The van der Waals surface area contributed by atoms with E-state index < -0.39 is 0 Å². The Morgan fingerprint density at radius 1 is 1.43 bits per heavy atom. The molecule has 0 aromatic heterocycles. The molecular weight excluding hydrogens is 269 g/mol. The van der Waals surface area contributed by atoms with Crippen molar-refractivity contribution in [2.75, 3.05) is 6.54 Å². The number of guanidine groups is 1. The van der Waals surface area contributed by atoms with Gasteiger partial charge in [0.05, 0.1) is 6.21 Å². The van der Waals surface area contributed by atoms with Crippen molar-refractivity contribution in [3.8, 4) is 0 Å². The lowest BCUT2D eigenvalue weighted by molar-refractivity contribution is 0.152. The third-order valence-corrected chi connectivity index (χ3v) is 3.79. The molecule has 21 heavy (non-hydrogen) atoms. The van der Waals surface area contributed by atoms with Gasteiger partial charge in [0, 0.05) is 12.6 Å². The van der Waals surface area contributed by atoms with Gasteiger partial charge >= 0.3 is 0 Å². The summed E-state index contributed by atoms with van der Waals surface area (Å²) in [5.41, 5.74) is 12.2. The molecule has 1 fully saturated rings. The van der Waals surface area contributed by atoms with Gasteiger partial charge in [0.25, 0.3) is 0 Å². The summed E-state index contributed by atoms with van der Waals surface area (Å²) in [4.78, 5) is 2.37. The Bertz CT molecular complexity index is 537. The highest BCUT2D eigenvalue weighted by molar-refractivity contribution is 5.83. The molecule has 1 aromatic rings. The van der Waals surface area contributed by atoms with Gasteiger partial charge in [0.2, 0.25) is 5.96 Å². The summed E-state index contributed by atoms with van der Waals surface area (Å²) in [6.07, 6.45) is 5.20. The number of hydrogen-bond acceptors (Lipinski definition) is 3. The molecule has 4 N–H and O–H groups in total. The molecule has 0 amide bonds. The second-order valence-electron chi connectivity index (χ2n) is 5.43. The van der Waals surface area contributed by atoms with Crippen LogP contribution in [0, 0.1) is 5.82 Å². The maximum atomic E-state index is 13.5. The Labute approximate surface area is 124 Å². The average molecular weight is 291 g/mol. The van der Waals surface area contributed by atoms with E-state index in [1.54, 1.807) is 18.3 Å². The standard InChI is InChI=1S/C15H22FN5/c1-11-4-2-3-7-21(11)10-13-8-14(16)6-5-12(13)9-19-20-15(17)18/h5-6,8-9,11H,2-4,7,10H2,1H3,(H4,17,18,20). The van der Waals surface area contributed by atoms with Gasteiger partial charge in [-0.25, -0.2) is 4.39 Å². The normalized spacial score (nSPS) is 19.8. The molecule has 1 unspecified atom stereocenters. The zero-order valence-electron chi connectivity index (χ0n) is 12.3. The molecule has 0 saturated carbocycles. The quantitative estimate of drug-likeness (QED) is 0.504. The van der Waals surface area contributed by atoms with Crippen molar-refractivity contribution in [3.63, 3.8) is 0 Å². The minimum Gasteiger partial charge on any atom is -0.369 e. The molecule has 0 spiro atoms. The van der Waals surface area contributed by atoms with E-state index in [0.717, 1.165) is 17.7 Å². The van der Waals surface area contributed by atoms with E-state index in [0.29, 0.717) is 12.6 Å². The van der Waals surface area contributed by atoms with Crippen LogP contribution < -0.4 is 11.5 Å². The van der Waals surface area contributed by atoms with Crippen molar-refractivity contribution in [2.45, 2.75) is 38.8 Å². The number of halogens is 1. The molecule has 1 aliphatic rings. The van der Waals surface area contributed by atoms with E-state index in [1.165, 1.54) is 25.3 Å². The van der Waals surface area contributed by atoms with Crippen LogP contribution in [0.4, 0.5) is 4.39 Å². The van der Waals surface area contributed by atoms with E-state index in [2.05, 4.69) is 22.0 Å². The molecular formula is C15H22FN5. The molecule has 1 aliphatic heterocycles. The van der Waals surface area contributed by atoms with Crippen molar-refractivity contribution in [2.24, 2.45) is 21.7 Å². The van der Waals surface area contributed by atoms with Gasteiger partial charge in [-0.1, -0.05) is 12.5 Å². The van der Waals surface area contributed by atoms with Crippen molar-refractivity contribution in [1.29, 1.82) is 0 Å². The highest BCUT2D eigenvalue weighted by Gasteiger charge is 2.19. The van der Waals surface area contributed by atoms with Gasteiger partial charge in [-0.3, -0.25) is 4.90 Å². The third kappa shape index (κ3) is 4.53. The van der Waals surface area contributed by atoms with Crippen LogP contribution in [0.15, 0.2) is 28.4 Å². The molecule has 1 heterocycles. The monoisotopic (exact) mass is 291 g/mol. The Morgan fingerprint density at radius 2 is 2.24 bits per heavy atom. The highest BCUT2D eigenvalue weighted by Crippen LogP contribution is 2.21. The fourth-order valence-electron chi connectivity index (χ4n) is 2.61. The largest absolute Gasteiger partial charge is 0.369 e. The molecule has 1 atom stereocenters. The van der Waals surface area contributed by atoms with Gasteiger partial charge < -0.3 is 11.5 Å². The maximum Gasteiger partial charge on any atom is 0.211 e. The first-order chi connectivity index (χ1) is 10.1. The lowest BCUT2D eigenvalue weighted by Gasteiger charge is -2.33. The Kier molecular flexibility index (Phi) is 5.27. The highest BCUT2D eigenvalue weighted by atomic mass is 19.1. The fraction of sp³-hybridized carbons (Fsp3) is 0.467. The lowest BCUT2D eigenvalue weighted by atomic mass is 10.0. The number of rotatable bonds is 4. The number of benzene rings is 1. The summed E-state index contributed by atoms with van der Waals surface area (Å²) in [7, 11) is 0. The van der Waals surface area contributed by atoms with Gasteiger partial charge in [0.1, 0.15) is 5.82 Å². The number of nitrogens with two attached hydrogens (primary N) is 2. The first-order valence-corrected chi connectivity index (χ1v) is 7.20. The maximum absolute atomic E-state index is 13.5. The van der Waals surface area contributed by atoms with Gasteiger partial charge in [-0.2, -0.15) is 5.10 Å². The molecule has 1 aromatic carbocycles. The first-order valence-electron chi connectivity index (χ1n) is 7.20. The van der Waals surface area contributed by atoms with Crippen molar-refractivity contribution in [1.82, 2.24) is 4.90 Å². The van der Waals surface area contributed by atoms with Gasteiger partial charge in [-0.15, -0.1) is 5.10 Å². The summed E-state index contributed by atoms with van der Waals surface area (Å²) >= 11 is 0. The molecule has 2 rings (SSSR count).